The highest BCUT2D eigenvalue weighted by Crippen LogP contribution is 2.30. The highest BCUT2D eigenvalue weighted by Gasteiger charge is 2.26. The van der Waals surface area contributed by atoms with Gasteiger partial charge in [-0.1, -0.05) is 11.6 Å². The van der Waals surface area contributed by atoms with Crippen molar-refractivity contribution >= 4 is 40.1 Å². The van der Waals surface area contributed by atoms with E-state index < -0.39 is 0 Å². The number of ketones is 1. The van der Waals surface area contributed by atoms with Crippen molar-refractivity contribution in [2.75, 3.05) is 44.8 Å². The fourth-order valence-corrected chi connectivity index (χ4v) is 4.64. The Morgan fingerprint density at radius 3 is 2.77 bits per heavy atom. The molecule has 2 aliphatic rings. The zero-order chi connectivity index (χ0) is 24.4. The van der Waals surface area contributed by atoms with Crippen LogP contribution < -0.4 is 5.32 Å². The third-order valence-corrected chi connectivity index (χ3v) is 6.71. The lowest BCUT2D eigenvalue weighted by atomic mass is 10.0. The lowest BCUT2D eigenvalue weighted by Gasteiger charge is -2.29. The van der Waals surface area contributed by atoms with E-state index in [1.54, 1.807) is 29.3 Å². The first-order valence-electron chi connectivity index (χ1n) is 11.6. The van der Waals surface area contributed by atoms with Crippen LogP contribution in [0.3, 0.4) is 0 Å². The van der Waals surface area contributed by atoms with Gasteiger partial charge in [0.05, 0.1) is 54.5 Å². The predicted octanol–water partition coefficient (Wildman–Crippen LogP) is 2.27. The van der Waals surface area contributed by atoms with E-state index in [1.807, 2.05) is 0 Å². The maximum absolute atomic E-state index is 13.6. The average molecular weight is 500 g/mol. The largest absolute Gasteiger partial charge is 0.394 e. The number of hydrogen-bond acceptors (Lipinski definition) is 8. The van der Waals surface area contributed by atoms with Crippen LogP contribution in [0.25, 0.3) is 11.0 Å². The lowest BCUT2D eigenvalue weighted by molar-refractivity contribution is -0.0224. The van der Waals surface area contributed by atoms with Gasteiger partial charge < -0.3 is 29.8 Å². The SMILES string of the molecule is O=C(c1cc(C(=O)N2CCOCC2)ccc1Cl)c1c[nH]c2ncnc(N[C@@H]3CC[C@@H](CO)OC3)c12. The van der Waals surface area contributed by atoms with Gasteiger partial charge in [0.15, 0.2) is 5.78 Å². The number of aromatic nitrogens is 3. The number of nitrogens with one attached hydrogen (secondary N) is 2. The van der Waals surface area contributed by atoms with Crippen molar-refractivity contribution in [1.29, 1.82) is 0 Å². The summed E-state index contributed by atoms with van der Waals surface area (Å²) in [7, 11) is 0. The monoisotopic (exact) mass is 499 g/mol. The Balaban J connectivity index is 1.44. The van der Waals surface area contributed by atoms with E-state index in [9.17, 15) is 14.7 Å². The van der Waals surface area contributed by atoms with E-state index in [0.717, 1.165) is 12.8 Å². The number of nitrogens with zero attached hydrogens (tertiary/aromatic N) is 3. The van der Waals surface area contributed by atoms with Gasteiger partial charge in [0.25, 0.3) is 5.91 Å². The molecule has 11 heteroatoms. The normalized spacial score (nSPS) is 20.7. The molecule has 35 heavy (non-hydrogen) atoms. The maximum atomic E-state index is 13.6. The van der Waals surface area contributed by atoms with Crippen molar-refractivity contribution in [3.63, 3.8) is 0 Å². The zero-order valence-corrected chi connectivity index (χ0v) is 19.8. The first kappa shape index (κ1) is 23.7. The number of fused-ring (bicyclic) bond motifs is 1. The van der Waals surface area contributed by atoms with Crippen LogP contribution in [-0.2, 0) is 9.47 Å². The van der Waals surface area contributed by atoms with Crippen LogP contribution in [0.5, 0.6) is 0 Å². The minimum absolute atomic E-state index is 0.00516. The minimum atomic E-state index is -0.337. The number of aliphatic hydroxyl groups is 1. The Kier molecular flexibility index (Phi) is 6.96. The summed E-state index contributed by atoms with van der Waals surface area (Å²) in [6, 6.07) is 4.73. The Morgan fingerprint density at radius 1 is 1.20 bits per heavy atom. The van der Waals surface area contributed by atoms with E-state index in [0.29, 0.717) is 60.9 Å². The summed E-state index contributed by atoms with van der Waals surface area (Å²) in [5, 5.41) is 13.4. The van der Waals surface area contributed by atoms with Crippen molar-refractivity contribution in [3.05, 3.63) is 52.4 Å². The first-order chi connectivity index (χ1) is 17.0. The van der Waals surface area contributed by atoms with Gasteiger partial charge in [0.1, 0.15) is 17.8 Å². The second-order valence-corrected chi connectivity index (χ2v) is 9.04. The molecule has 3 aromatic rings. The number of aliphatic hydroxyl groups excluding tert-OH is 1. The van der Waals surface area contributed by atoms with Crippen LogP contribution >= 0.6 is 11.6 Å². The van der Waals surface area contributed by atoms with Crippen molar-refractivity contribution in [3.8, 4) is 0 Å². The number of morpholine rings is 1. The lowest BCUT2D eigenvalue weighted by Crippen LogP contribution is -2.40. The van der Waals surface area contributed by atoms with E-state index in [-0.39, 0.29) is 41.0 Å². The van der Waals surface area contributed by atoms with E-state index in [4.69, 9.17) is 21.1 Å². The fraction of sp³-hybridized carbons (Fsp3) is 0.417. The molecule has 1 aromatic carbocycles. The van der Waals surface area contributed by atoms with Gasteiger partial charge in [-0.2, -0.15) is 0 Å². The maximum Gasteiger partial charge on any atom is 0.254 e. The van der Waals surface area contributed by atoms with Crippen LogP contribution in [0.4, 0.5) is 5.82 Å². The van der Waals surface area contributed by atoms with Gasteiger partial charge in [-0.15, -0.1) is 0 Å². The molecule has 10 nitrogen and oxygen atoms in total. The first-order valence-corrected chi connectivity index (χ1v) is 11.9. The molecule has 5 rings (SSSR count). The van der Waals surface area contributed by atoms with E-state index in [2.05, 4.69) is 20.3 Å². The summed E-state index contributed by atoms with van der Waals surface area (Å²) in [6.45, 7) is 2.40. The summed E-state index contributed by atoms with van der Waals surface area (Å²) in [6.07, 6.45) is 4.36. The Labute approximate surface area is 206 Å². The van der Waals surface area contributed by atoms with E-state index in [1.165, 1.54) is 6.33 Å². The number of H-pyrrole nitrogens is 1. The summed E-state index contributed by atoms with van der Waals surface area (Å²) < 4.78 is 11.0. The molecule has 2 fully saturated rings. The molecule has 0 radical (unpaired) electrons. The van der Waals surface area contributed by atoms with Gasteiger partial charge >= 0.3 is 0 Å². The number of ether oxygens (including phenoxy) is 2. The molecule has 1 amide bonds. The molecule has 2 aliphatic heterocycles. The summed E-state index contributed by atoms with van der Waals surface area (Å²) in [5.41, 5.74) is 1.48. The van der Waals surface area contributed by atoms with Crippen LogP contribution in [0.15, 0.2) is 30.7 Å². The summed E-state index contributed by atoms with van der Waals surface area (Å²) in [5.74, 6) is 0.00500. The van der Waals surface area contributed by atoms with Crippen LogP contribution in [0.1, 0.15) is 39.1 Å². The Hall–Kier alpha value is -3.05. The van der Waals surface area contributed by atoms with Crippen LogP contribution in [0.2, 0.25) is 5.02 Å². The van der Waals surface area contributed by atoms with Gasteiger partial charge in [0, 0.05) is 30.4 Å². The molecular formula is C24H26ClN5O5. The smallest absolute Gasteiger partial charge is 0.254 e. The van der Waals surface area contributed by atoms with Crippen LogP contribution in [0, 0.1) is 0 Å². The number of carbonyl (C=O) groups is 2. The molecular weight excluding hydrogens is 474 g/mol. The average Bonchev–Trinajstić information content (AvgIpc) is 3.34. The number of hydrogen-bond donors (Lipinski definition) is 3. The number of anilines is 1. The van der Waals surface area contributed by atoms with Crippen molar-refractivity contribution < 1.29 is 24.2 Å². The number of benzene rings is 1. The molecule has 0 bridgehead atoms. The second kappa shape index (κ2) is 10.3. The molecule has 0 aliphatic carbocycles. The van der Waals surface area contributed by atoms with Crippen molar-refractivity contribution in [1.82, 2.24) is 19.9 Å². The summed E-state index contributed by atoms with van der Waals surface area (Å²) in [4.78, 5) is 40.0. The minimum Gasteiger partial charge on any atom is -0.394 e. The standard InChI is InChI=1S/C24H26ClN5O5/c25-19-4-1-14(24(33)30-5-7-34-8-6-30)9-17(19)21(32)18-10-26-22-20(18)23(28-13-27-22)29-15-2-3-16(11-31)35-12-15/h1,4,9-10,13,15-16,31H,2-3,5-8,11-12H2,(H2,26,27,28,29)/t15-,16+/m1/s1. The topological polar surface area (TPSA) is 130 Å². The van der Waals surface area contributed by atoms with Crippen LogP contribution in [-0.4, -0.2) is 88.3 Å². The molecule has 3 N–H and O–H groups in total. The molecule has 0 spiro atoms. The predicted molar refractivity (Wildman–Crippen MR) is 129 cm³/mol. The third kappa shape index (κ3) is 4.87. The van der Waals surface area contributed by atoms with Crippen molar-refractivity contribution in [2.45, 2.75) is 25.0 Å². The highest BCUT2D eigenvalue weighted by molar-refractivity contribution is 6.36. The highest BCUT2D eigenvalue weighted by atomic mass is 35.5. The van der Waals surface area contributed by atoms with Gasteiger partial charge in [-0.3, -0.25) is 9.59 Å². The number of halogens is 1. The van der Waals surface area contributed by atoms with E-state index >= 15 is 0 Å². The molecule has 4 heterocycles. The van der Waals surface area contributed by atoms with Crippen molar-refractivity contribution in [2.24, 2.45) is 0 Å². The quantitative estimate of drug-likeness (QED) is 0.440. The Morgan fingerprint density at radius 2 is 2.03 bits per heavy atom. The van der Waals surface area contributed by atoms with Gasteiger partial charge in [0.2, 0.25) is 0 Å². The molecule has 2 atom stereocenters. The fourth-order valence-electron chi connectivity index (χ4n) is 4.43. The van der Waals surface area contributed by atoms with Gasteiger partial charge in [-0.25, -0.2) is 9.97 Å². The summed E-state index contributed by atoms with van der Waals surface area (Å²) >= 11 is 6.41. The second-order valence-electron chi connectivity index (χ2n) is 8.63. The zero-order valence-electron chi connectivity index (χ0n) is 19.0. The van der Waals surface area contributed by atoms with Gasteiger partial charge in [-0.05, 0) is 31.0 Å². The molecule has 184 valence electrons. The number of aromatic amines is 1. The number of rotatable bonds is 6. The third-order valence-electron chi connectivity index (χ3n) is 6.39. The molecule has 2 aromatic heterocycles. The molecule has 0 saturated carbocycles. The molecule has 0 unspecified atom stereocenters. The number of amides is 1. The Bertz CT molecular complexity index is 1230. The molecule has 2 saturated heterocycles. The number of carbonyl (C=O) groups excluding carboxylic acids is 2.